The lowest BCUT2D eigenvalue weighted by Crippen LogP contribution is -2.29. The zero-order valence-electron chi connectivity index (χ0n) is 12.2. The molecule has 1 N–H and O–H groups in total. The first-order chi connectivity index (χ1) is 10.5. The smallest absolute Gasteiger partial charge is 0.320 e. The second kappa shape index (κ2) is 6.97. The summed E-state index contributed by atoms with van der Waals surface area (Å²) in [4.78, 5) is 30.0. The number of aromatic amines is 1. The summed E-state index contributed by atoms with van der Waals surface area (Å²) in [5.41, 5.74) is -0.375. The van der Waals surface area contributed by atoms with Crippen molar-refractivity contribution in [1.82, 2.24) is 24.1 Å². The molecule has 0 saturated heterocycles. The van der Waals surface area contributed by atoms with Crippen molar-refractivity contribution in [3.05, 3.63) is 26.7 Å². The van der Waals surface area contributed by atoms with Crippen LogP contribution in [0.15, 0.2) is 14.7 Å². The van der Waals surface area contributed by atoms with Gasteiger partial charge in [0.15, 0.2) is 17.0 Å². The third kappa shape index (κ3) is 3.17. The summed E-state index contributed by atoms with van der Waals surface area (Å²) in [5.74, 6) is 1.30. The van der Waals surface area contributed by atoms with Crippen LogP contribution in [0.5, 0.6) is 0 Å². The van der Waals surface area contributed by atoms with Gasteiger partial charge in [-0.15, -0.1) is 23.2 Å². The van der Waals surface area contributed by atoms with Gasteiger partial charge in [0.1, 0.15) is 0 Å². The molecule has 8 nitrogen and oxygen atoms in total. The van der Waals surface area contributed by atoms with Gasteiger partial charge in [0.2, 0.25) is 0 Å². The van der Waals surface area contributed by atoms with Gasteiger partial charge < -0.3 is 4.57 Å². The number of hydrazone groups is 1. The number of rotatable bonds is 6. The molecule has 0 aliphatic rings. The van der Waals surface area contributed by atoms with E-state index in [2.05, 4.69) is 15.1 Å². The highest BCUT2D eigenvalue weighted by atomic mass is 35.5. The monoisotopic (exact) mass is 346 g/mol. The molecule has 0 atom stereocenters. The van der Waals surface area contributed by atoms with Gasteiger partial charge in [0.05, 0.1) is 6.21 Å². The van der Waals surface area contributed by atoms with Crippen LogP contribution in [0.25, 0.3) is 11.2 Å². The number of aryl methyl sites for hydroxylation is 2. The van der Waals surface area contributed by atoms with Crippen molar-refractivity contribution in [1.29, 1.82) is 0 Å². The van der Waals surface area contributed by atoms with Crippen molar-refractivity contribution in [2.45, 2.75) is 0 Å². The van der Waals surface area contributed by atoms with E-state index >= 15 is 0 Å². The molecular weight excluding hydrogens is 331 g/mol. The number of halogens is 2. The van der Waals surface area contributed by atoms with Crippen LogP contribution in [0, 0.1) is 0 Å². The van der Waals surface area contributed by atoms with Crippen molar-refractivity contribution in [2.75, 3.05) is 24.8 Å². The number of nitrogens with one attached hydrogen (secondary N) is 1. The second-order valence-electron chi connectivity index (χ2n) is 4.60. The van der Waals surface area contributed by atoms with E-state index in [0.717, 1.165) is 0 Å². The fraction of sp³-hybridized carbons (Fsp3) is 0.500. The van der Waals surface area contributed by atoms with Crippen LogP contribution in [-0.2, 0) is 14.1 Å². The van der Waals surface area contributed by atoms with Gasteiger partial charge in [0.25, 0.3) is 5.56 Å². The van der Waals surface area contributed by atoms with Gasteiger partial charge in [-0.1, -0.05) is 0 Å². The Kier molecular flexibility index (Phi) is 5.25. The molecule has 2 rings (SSSR count). The molecule has 2 aromatic rings. The van der Waals surface area contributed by atoms with Crippen molar-refractivity contribution in [3.63, 3.8) is 0 Å². The summed E-state index contributed by atoms with van der Waals surface area (Å²) in [5, 5.41) is 5.98. The summed E-state index contributed by atoms with van der Waals surface area (Å²) in [6.07, 6.45) is 1.52. The SMILES string of the molecule is Cn1c(/C=N/N(CCCl)CCCl)nc2c1c(=O)[nH]c(=O)n2C. The largest absolute Gasteiger partial charge is 0.329 e. The molecule has 0 amide bonds. The number of alkyl halides is 2. The molecular formula is C12H16Cl2N6O2. The van der Waals surface area contributed by atoms with Crippen LogP contribution in [0.1, 0.15) is 5.82 Å². The van der Waals surface area contributed by atoms with E-state index in [0.29, 0.717) is 41.8 Å². The minimum absolute atomic E-state index is 0.305. The molecule has 10 heteroatoms. The fourth-order valence-electron chi connectivity index (χ4n) is 2.00. The Morgan fingerprint density at radius 3 is 2.45 bits per heavy atom. The van der Waals surface area contributed by atoms with Gasteiger partial charge in [-0.3, -0.25) is 19.4 Å². The summed E-state index contributed by atoms with van der Waals surface area (Å²) in [7, 11) is 3.23. The van der Waals surface area contributed by atoms with Gasteiger partial charge in [-0.05, 0) is 0 Å². The predicted molar refractivity (Wildman–Crippen MR) is 87.2 cm³/mol. The van der Waals surface area contributed by atoms with Crippen LogP contribution in [0.3, 0.4) is 0 Å². The highest BCUT2D eigenvalue weighted by molar-refractivity contribution is 6.18. The number of hydrogen-bond donors (Lipinski definition) is 1. The molecule has 0 aromatic carbocycles. The minimum atomic E-state index is -0.509. The van der Waals surface area contributed by atoms with Crippen molar-refractivity contribution >= 4 is 40.6 Å². The van der Waals surface area contributed by atoms with E-state index < -0.39 is 11.2 Å². The van der Waals surface area contributed by atoms with Crippen LogP contribution in [0.4, 0.5) is 0 Å². The van der Waals surface area contributed by atoms with E-state index in [-0.39, 0.29) is 0 Å². The molecule has 0 bridgehead atoms. The van der Waals surface area contributed by atoms with Gasteiger partial charge in [0, 0.05) is 38.9 Å². The third-order valence-electron chi connectivity index (χ3n) is 3.19. The van der Waals surface area contributed by atoms with Gasteiger partial charge in [-0.25, -0.2) is 9.78 Å². The number of hydrogen-bond acceptors (Lipinski definition) is 5. The maximum Gasteiger partial charge on any atom is 0.329 e. The van der Waals surface area contributed by atoms with Crippen LogP contribution >= 0.6 is 23.2 Å². The zero-order valence-corrected chi connectivity index (χ0v) is 13.7. The highest BCUT2D eigenvalue weighted by Gasteiger charge is 2.13. The van der Waals surface area contributed by atoms with Gasteiger partial charge >= 0.3 is 5.69 Å². The fourth-order valence-corrected chi connectivity index (χ4v) is 2.39. The number of aromatic nitrogens is 4. The molecule has 2 aromatic heterocycles. The quantitative estimate of drug-likeness (QED) is 0.455. The lowest BCUT2D eigenvalue weighted by molar-refractivity contribution is 0.327. The lowest BCUT2D eigenvalue weighted by Gasteiger charge is -2.15. The summed E-state index contributed by atoms with van der Waals surface area (Å²) in [6.45, 7) is 1.10. The van der Waals surface area contributed by atoms with Crippen LogP contribution in [0.2, 0.25) is 0 Å². The Labute approximate surface area is 136 Å². The summed E-state index contributed by atoms with van der Waals surface area (Å²) in [6, 6.07) is 0. The Morgan fingerprint density at radius 2 is 1.86 bits per heavy atom. The highest BCUT2D eigenvalue weighted by Crippen LogP contribution is 2.07. The maximum atomic E-state index is 11.9. The van der Waals surface area contributed by atoms with Crippen LogP contribution in [-0.4, -0.2) is 55.2 Å². The molecule has 0 fully saturated rings. The number of fused-ring (bicyclic) bond motifs is 1. The van der Waals surface area contributed by atoms with Gasteiger partial charge in [-0.2, -0.15) is 5.10 Å². The predicted octanol–water partition coefficient (Wildman–Crippen LogP) is 0.0738. The first-order valence-corrected chi connectivity index (χ1v) is 7.63. The Balaban J connectivity index is 2.47. The molecule has 22 heavy (non-hydrogen) atoms. The summed E-state index contributed by atoms with van der Waals surface area (Å²) >= 11 is 11.4. The molecule has 0 radical (unpaired) electrons. The number of imidazole rings is 1. The molecule has 2 heterocycles. The van der Waals surface area contributed by atoms with E-state index in [1.54, 1.807) is 23.7 Å². The average Bonchev–Trinajstić information content (AvgIpc) is 2.80. The Bertz CT molecular complexity index is 800. The molecule has 0 spiro atoms. The van der Waals surface area contributed by atoms with E-state index in [9.17, 15) is 9.59 Å². The van der Waals surface area contributed by atoms with E-state index in [1.165, 1.54) is 10.8 Å². The average molecular weight is 347 g/mol. The van der Waals surface area contributed by atoms with Crippen molar-refractivity contribution < 1.29 is 0 Å². The van der Waals surface area contributed by atoms with E-state index in [4.69, 9.17) is 23.2 Å². The third-order valence-corrected chi connectivity index (χ3v) is 3.53. The first-order valence-electron chi connectivity index (χ1n) is 6.56. The minimum Gasteiger partial charge on any atom is -0.320 e. The summed E-state index contributed by atoms with van der Waals surface area (Å²) < 4.78 is 2.86. The van der Waals surface area contributed by atoms with Crippen molar-refractivity contribution in [3.8, 4) is 0 Å². The standard InChI is InChI=1S/C12H16Cl2N6O2/c1-18-8(7-15-20(5-3-13)6-4-14)16-10-9(18)11(21)17-12(22)19(10)2/h7H,3-6H2,1-2H3,(H,17,21,22)/b15-7+. The molecule has 0 aliphatic carbocycles. The topological polar surface area (TPSA) is 88.3 Å². The lowest BCUT2D eigenvalue weighted by atomic mass is 10.5. The van der Waals surface area contributed by atoms with E-state index in [1.807, 2.05) is 0 Å². The second-order valence-corrected chi connectivity index (χ2v) is 5.35. The molecule has 0 saturated carbocycles. The first kappa shape index (κ1) is 16.6. The van der Waals surface area contributed by atoms with Crippen molar-refractivity contribution in [2.24, 2.45) is 19.2 Å². The molecule has 0 aliphatic heterocycles. The zero-order chi connectivity index (χ0) is 16.3. The molecule has 0 unspecified atom stereocenters. The van der Waals surface area contributed by atoms with Crippen LogP contribution < -0.4 is 11.2 Å². The Morgan fingerprint density at radius 1 is 1.23 bits per heavy atom. The molecule has 120 valence electrons. The number of H-pyrrole nitrogens is 1. The number of nitrogens with zero attached hydrogens (tertiary/aromatic N) is 5. The normalized spacial score (nSPS) is 11.6. The maximum absolute atomic E-state index is 11.9. The Hall–Kier alpha value is -1.80.